The number of esters is 1. The molecule has 0 radical (unpaired) electrons. The number of hydrogen-bond acceptors (Lipinski definition) is 10. The van der Waals surface area contributed by atoms with E-state index in [4.69, 9.17) is 29.2 Å². The molecule has 2 rings (SSSR count). The van der Waals surface area contributed by atoms with Crippen LogP contribution in [0, 0.1) is 5.92 Å². The van der Waals surface area contributed by atoms with Crippen molar-refractivity contribution in [1.82, 2.24) is 0 Å². The number of carbonyl (C=O) groups is 1. The molecule has 0 bridgehead atoms. The van der Waals surface area contributed by atoms with Gasteiger partial charge in [-0.15, -0.1) is 0 Å². The summed E-state index contributed by atoms with van der Waals surface area (Å²) in [6.07, 6.45) is -4.04. The number of methoxy groups -OCH3 is 1. The van der Waals surface area contributed by atoms with Gasteiger partial charge in [-0.05, 0) is 24.6 Å². The molecular weight excluding hydrogens is 400 g/mol. The normalized spacial score (nSPS) is 27.6. The van der Waals surface area contributed by atoms with E-state index in [2.05, 4.69) is 0 Å². The predicted molar refractivity (Wildman–Crippen MR) is 104 cm³/mol. The van der Waals surface area contributed by atoms with Crippen LogP contribution in [0.3, 0.4) is 0 Å². The van der Waals surface area contributed by atoms with E-state index < -0.39 is 55.8 Å². The molecule has 0 amide bonds. The van der Waals surface area contributed by atoms with Gasteiger partial charge < -0.3 is 44.5 Å². The monoisotopic (exact) mass is 428 g/mol. The van der Waals surface area contributed by atoms with Crippen molar-refractivity contribution in [3.05, 3.63) is 29.8 Å². The van der Waals surface area contributed by atoms with E-state index in [1.54, 1.807) is 30.4 Å². The molecule has 1 fully saturated rings. The molecule has 0 aliphatic carbocycles. The van der Waals surface area contributed by atoms with Gasteiger partial charge in [-0.1, -0.05) is 18.2 Å². The summed E-state index contributed by atoms with van der Waals surface area (Å²) in [7, 11) is 1.42. The zero-order valence-electron chi connectivity index (χ0n) is 16.7. The highest BCUT2D eigenvalue weighted by molar-refractivity contribution is 5.72. The molecule has 6 atom stereocenters. The quantitative estimate of drug-likeness (QED) is 0.311. The molecule has 168 valence electrons. The minimum atomic E-state index is -1.61. The molecule has 1 aliphatic heterocycles. The van der Waals surface area contributed by atoms with Gasteiger partial charge >= 0.3 is 5.97 Å². The topological polar surface area (TPSA) is 155 Å². The molecule has 0 aromatic heterocycles. The van der Waals surface area contributed by atoms with Crippen molar-refractivity contribution in [3.8, 4) is 11.5 Å². The molecule has 0 spiro atoms. The van der Waals surface area contributed by atoms with Gasteiger partial charge in [0.25, 0.3) is 0 Å². The lowest BCUT2D eigenvalue weighted by Gasteiger charge is -2.40. The fraction of sp³-hybridized carbons (Fsp3) is 0.550. The lowest BCUT2D eigenvalue weighted by atomic mass is 9.99. The van der Waals surface area contributed by atoms with Crippen molar-refractivity contribution >= 4 is 12.0 Å². The Morgan fingerprint density at radius 1 is 1.17 bits per heavy atom. The molecule has 1 aliphatic rings. The van der Waals surface area contributed by atoms with Crippen LogP contribution >= 0.6 is 0 Å². The number of hydrogen-bond donors (Lipinski definition) is 5. The lowest BCUT2D eigenvalue weighted by molar-refractivity contribution is -0.279. The summed E-state index contributed by atoms with van der Waals surface area (Å²) < 4.78 is 21.4. The first kappa shape index (κ1) is 24.1. The van der Waals surface area contributed by atoms with Gasteiger partial charge in [0.2, 0.25) is 6.29 Å². The Kier molecular flexibility index (Phi) is 9.03. The van der Waals surface area contributed by atoms with E-state index in [1.807, 2.05) is 0 Å². The van der Waals surface area contributed by atoms with Crippen LogP contribution in [0.25, 0.3) is 6.08 Å². The number of rotatable bonds is 9. The van der Waals surface area contributed by atoms with Crippen LogP contribution in [0.1, 0.15) is 12.5 Å². The fourth-order valence-electron chi connectivity index (χ4n) is 2.73. The minimum absolute atomic E-state index is 0.119. The zero-order valence-corrected chi connectivity index (χ0v) is 16.7. The Hall–Kier alpha value is -2.21. The van der Waals surface area contributed by atoms with Gasteiger partial charge in [0.15, 0.2) is 11.5 Å². The molecule has 1 aromatic carbocycles. The second-order valence-corrected chi connectivity index (χ2v) is 6.84. The lowest BCUT2D eigenvalue weighted by Crippen LogP contribution is -2.60. The van der Waals surface area contributed by atoms with E-state index >= 15 is 0 Å². The van der Waals surface area contributed by atoms with Gasteiger partial charge in [0.05, 0.1) is 26.2 Å². The van der Waals surface area contributed by atoms with Gasteiger partial charge in [0.1, 0.15) is 31.0 Å². The summed E-state index contributed by atoms with van der Waals surface area (Å²) in [4.78, 5) is 11.7. The summed E-state index contributed by atoms with van der Waals surface area (Å²) in [5.41, 5.74) is 0.733. The molecule has 1 heterocycles. The standard InChI is InChI=1S/C20H28O10/c1-11(9-22)19(26)28-10-15-16(23)17(24)18(25)20(30-15)29-13-6-5-12(4-3-7-21)8-14(13)27-2/h3-6,8,11,15-18,20-25H,7,9-10H2,1-2H3/b4-3+/t11-,15-,16+,17-,18+,20+/m0/s1. The van der Waals surface area contributed by atoms with Crippen LogP contribution in [0.5, 0.6) is 11.5 Å². The highest BCUT2D eigenvalue weighted by Gasteiger charge is 2.45. The third-order valence-electron chi connectivity index (χ3n) is 4.58. The van der Waals surface area contributed by atoms with Crippen molar-refractivity contribution in [2.45, 2.75) is 37.6 Å². The first-order valence-corrected chi connectivity index (χ1v) is 9.41. The second kappa shape index (κ2) is 11.3. The Labute approximate surface area is 173 Å². The van der Waals surface area contributed by atoms with Crippen molar-refractivity contribution < 1.29 is 49.3 Å². The predicted octanol–water partition coefficient (Wildman–Crippen LogP) is -0.941. The maximum Gasteiger partial charge on any atom is 0.311 e. The number of ether oxygens (including phenoxy) is 4. The average molecular weight is 428 g/mol. The van der Waals surface area contributed by atoms with Crippen LogP contribution in [0.4, 0.5) is 0 Å². The third-order valence-corrected chi connectivity index (χ3v) is 4.58. The number of benzene rings is 1. The SMILES string of the molecule is COc1cc(/C=C/CO)ccc1O[C@@H]1O[C@@H](COC(=O)[C@@H](C)CO)[C@@H](O)[C@H](O)[C@H]1O. The van der Waals surface area contributed by atoms with Gasteiger partial charge in [-0.25, -0.2) is 0 Å². The molecule has 5 N–H and O–H groups in total. The van der Waals surface area contributed by atoms with Crippen LogP contribution in [0.15, 0.2) is 24.3 Å². The first-order chi connectivity index (χ1) is 14.3. The Bertz CT molecular complexity index is 722. The van der Waals surface area contributed by atoms with Crippen molar-refractivity contribution in [2.75, 3.05) is 26.9 Å². The molecule has 1 saturated heterocycles. The summed E-state index contributed by atoms with van der Waals surface area (Å²) in [5, 5.41) is 48.4. The van der Waals surface area contributed by atoms with Crippen molar-refractivity contribution in [1.29, 1.82) is 0 Å². The summed E-state index contributed by atoms with van der Waals surface area (Å²) in [6.45, 7) is 0.544. The van der Waals surface area contributed by atoms with E-state index in [9.17, 15) is 20.1 Å². The largest absolute Gasteiger partial charge is 0.493 e. The number of carbonyl (C=O) groups excluding carboxylic acids is 1. The zero-order chi connectivity index (χ0) is 22.3. The fourth-order valence-corrected chi connectivity index (χ4v) is 2.73. The Morgan fingerprint density at radius 3 is 2.53 bits per heavy atom. The van der Waals surface area contributed by atoms with E-state index in [-0.39, 0.29) is 12.4 Å². The molecule has 10 nitrogen and oxygen atoms in total. The van der Waals surface area contributed by atoms with E-state index in [0.717, 1.165) is 5.56 Å². The van der Waals surface area contributed by atoms with Crippen LogP contribution in [-0.2, 0) is 14.3 Å². The highest BCUT2D eigenvalue weighted by Crippen LogP contribution is 2.32. The van der Waals surface area contributed by atoms with Crippen LogP contribution < -0.4 is 9.47 Å². The van der Waals surface area contributed by atoms with Crippen molar-refractivity contribution in [3.63, 3.8) is 0 Å². The molecule has 0 saturated carbocycles. The number of aliphatic hydroxyl groups excluding tert-OH is 5. The smallest absolute Gasteiger partial charge is 0.311 e. The average Bonchev–Trinajstić information content (AvgIpc) is 2.76. The van der Waals surface area contributed by atoms with E-state index in [1.165, 1.54) is 14.0 Å². The molecule has 1 aromatic rings. The molecule has 10 heteroatoms. The van der Waals surface area contributed by atoms with E-state index in [0.29, 0.717) is 5.75 Å². The van der Waals surface area contributed by atoms with Crippen molar-refractivity contribution in [2.24, 2.45) is 5.92 Å². The Balaban J connectivity index is 2.12. The van der Waals surface area contributed by atoms with Gasteiger partial charge in [-0.3, -0.25) is 4.79 Å². The molecule has 0 unspecified atom stereocenters. The third kappa shape index (κ3) is 5.91. The van der Waals surface area contributed by atoms with Crippen LogP contribution in [0.2, 0.25) is 0 Å². The molecule has 30 heavy (non-hydrogen) atoms. The Morgan fingerprint density at radius 2 is 1.90 bits per heavy atom. The van der Waals surface area contributed by atoms with Gasteiger partial charge in [0, 0.05) is 0 Å². The minimum Gasteiger partial charge on any atom is -0.493 e. The second-order valence-electron chi connectivity index (χ2n) is 6.84. The van der Waals surface area contributed by atoms with Gasteiger partial charge in [-0.2, -0.15) is 0 Å². The van der Waals surface area contributed by atoms with Crippen LogP contribution in [-0.4, -0.2) is 89.1 Å². The number of aliphatic hydroxyl groups is 5. The first-order valence-electron chi connectivity index (χ1n) is 9.41. The summed E-state index contributed by atoms with van der Waals surface area (Å²) in [6, 6.07) is 4.87. The maximum absolute atomic E-state index is 11.7. The summed E-state index contributed by atoms with van der Waals surface area (Å²) in [5.74, 6) is -0.933. The molecular formula is C20H28O10. The maximum atomic E-state index is 11.7. The summed E-state index contributed by atoms with van der Waals surface area (Å²) >= 11 is 0. The highest BCUT2D eigenvalue weighted by atomic mass is 16.7.